The topological polar surface area (TPSA) is 91.8 Å². The third kappa shape index (κ3) is 5.59. The zero-order valence-electron chi connectivity index (χ0n) is 22.9. The molecular weight excluding hydrogens is 508 g/mol. The summed E-state index contributed by atoms with van der Waals surface area (Å²) in [7, 11) is 3.30. The number of nitrogens with zero attached hydrogens (tertiary/aromatic N) is 1. The highest BCUT2D eigenvalue weighted by molar-refractivity contribution is 5.49. The SMILES string of the molecule is COc1ccc(C(OC(C)C[C@@H]2CCC(n3ccc(=O)[nH]c3=O)O2)(c2ccccc2)c2ccc(OC)cc2)cc1. The van der Waals surface area contributed by atoms with Gasteiger partial charge in [-0.15, -0.1) is 0 Å². The molecule has 1 saturated heterocycles. The molecule has 2 unspecified atom stereocenters. The zero-order valence-corrected chi connectivity index (χ0v) is 22.9. The van der Waals surface area contributed by atoms with Gasteiger partial charge in [0, 0.05) is 12.3 Å². The van der Waals surface area contributed by atoms with Crippen LogP contribution in [-0.4, -0.2) is 36.0 Å². The van der Waals surface area contributed by atoms with Crippen molar-refractivity contribution in [2.24, 2.45) is 0 Å². The Bertz CT molecular complexity index is 1460. The van der Waals surface area contributed by atoms with Crippen LogP contribution in [0, 0.1) is 0 Å². The lowest BCUT2D eigenvalue weighted by molar-refractivity contribution is -0.0751. The Balaban J connectivity index is 1.48. The number of benzene rings is 3. The summed E-state index contributed by atoms with van der Waals surface area (Å²) in [5, 5.41) is 0. The number of H-pyrrole nitrogens is 1. The number of hydrogen-bond donors (Lipinski definition) is 1. The van der Waals surface area contributed by atoms with Crippen LogP contribution in [0.15, 0.2) is 101 Å². The predicted molar refractivity (Wildman–Crippen MR) is 152 cm³/mol. The van der Waals surface area contributed by atoms with Crippen molar-refractivity contribution < 1.29 is 18.9 Å². The molecule has 3 aromatic carbocycles. The van der Waals surface area contributed by atoms with Gasteiger partial charge in [0.2, 0.25) is 0 Å². The van der Waals surface area contributed by atoms with Crippen LogP contribution in [0.5, 0.6) is 11.5 Å². The summed E-state index contributed by atoms with van der Waals surface area (Å²) in [6.45, 7) is 2.05. The van der Waals surface area contributed by atoms with Crippen LogP contribution in [0.25, 0.3) is 0 Å². The number of ether oxygens (including phenoxy) is 4. The van der Waals surface area contributed by atoms with Crippen molar-refractivity contribution in [1.82, 2.24) is 9.55 Å². The van der Waals surface area contributed by atoms with Crippen molar-refractivity contribution in [1.29, 1.82) is 0 Å². The summed E-state index contributed by atoms with van der Waals surface area (Å²) < 4.78 is 25.7. The van der Waals surface area contributed by atoms with Gasteiger partial charge in [-0.05, 0) is 67.1 Å². The molecule has 0 saturated carbocycles. The van der Waals surface area contributed by atoms with E-state index in [0.717, 1.165) is 34.6 Å². The third-order valence-corrected chi connectivity index (χ3v) is 7.39. The molecular formula is C32H34N2O6. The van der Waals surface area contributed by atoms with Gasteiger partial charge in [0.15, 0.2) is 0 Å². The largest absolute Gasteiger partial charge is 0.497 e. The van der Waals surface area contributed by atoms with E-state index in [9.17, 15) is 9.59 Å². The van der Waals surface area contributed by atoms with Crippen LogP contribution in [0.3, 0.4) is 0 Å². The molecule has 8 heteroatoms. The monoisotopic (exact) mass is 542 g/mol. The summed E-state index contributed by atoms with van der Waals surface area (Å²) in [6.07, 6.45) is 2.79. The minimum Gasteiger partial charge on any atom is -0.497 e. The fraction of sp³-hybridized carbons (Fsp3) is 0.312. The Morgan fingerprint density at radius 2 is 1.43 bits per heavy atom. The van der Waals surface area contributed by atoms with Crippen LogP contribution in [0.1, 0.15) is 49.1 Å². The molecule has 1 aliphatic rings. The smallest absolute Gasteiger partial charge is 0.330 e. The van der Waals surface area contributed by atoms with E-state index in [0.29, 0.717) is 12.8 Å². The minimum absolute atomic E-state index is 0.112. The molecule has 2 heterocycles. The van der Waals surface area contributed by atoms with Crippen molar-refractivity contribution in [2.75, 3.05) is 14.2 Å². The number of methoxy groups -OCH3 is 2. The van der Waals surface area contributed by atoms with Crippen LogP contribution in [-0.2, 0) is 15.1 Å². The van der Waals surface area contributed by atoms with Crippen LogP contribution < -0.4 is 20.7 Å². The Kier molecular flexibility index (Phi) is 8.19. The maximum absolute atomic E-state index is 12.3. The predicted octanol–water partition coefficient (Wildman–Crippen LogP) is 5.02. The van der Waals surface area contributed by atoms with E-state index in [1.807, 2.05) is 73.7 Å². The molecule has 1 N–H and O–H groups in total. The van der Waals surface area contributed by atoms with Crippen LogP contribution >= 0.6 is 0 Å². The van der Waals surface area contributed by atoms with Gasteiger partial charge in [-0.2, -0.15) is 0 Å². The standard InChI is InChI=1S/C32H34N2O6/c1-22(21-28-17-18-30(39-28)34-20-19-29(35)33-31(34)36)40-32(23-7-5-4-6-8-23,24-9-13-26(37-2)14-10-24)25-11-15-27(38-3)16-12-25/h4-16,19-20,22,28,30H,17-18,21H2,1-3H3,(H,33,35,36)/t22?,28-,30?/m0/s1. The van der Waals surface area contributed by atoms with Gasteiger partial charge in [-0.25, -0.2) is 4.79 Å². The second-order valence-corrected chi connectivity index (χ2v) is 9.98. The average Bonchev–Trinajstić information content (AvgIpc) is 3.44. The van der Waals surface area contributed by atoms with Crippen molar-refractivity contribution in [3.8, 4) is 11.5 Å². The fourth-order valence-corrected chi connectivity index (χ4v) is 5.47. The highest BCUT2D eigenvalue weighted by atomic mass is 16.5. The highest BCUT2D eigenvalue weighted by Gasteiger charge is 2.40. The van der Waals surface area contributed by atoms with Gasteiger partial charge < -0.3 is 18.9 Å². The molecule has 1 aliphatic heterocycles. The Morgan fingerprint density at radius 3 is 1.98 bits per heavy atom. The summed E-state index contributed by atoms with van der Waals surface area (Å²) in [4.78, 5) is 26.1. The molecule has 0 spiro atoms. The molecule has 40 heavy (non-hydrogen) atoms. The Hall–Kier alpha value is -4.14. The molecule has 3 atom stereocenters. The van der Waals surface area contributed by atoms with E-state index < -0.39 is 23.1 Å². The lowest BCUT2D eigenvalue weighted by Gasteiger charge is -2.39. The first kappa shape index (κ1) is 27.4. The van der Waals surface area contributed by atoms with E-state index in [1.54, 1.807) is 14.2 Å². The first-order valence-electron chi connectivity index (χ1n) is 13.4. The van der Waals surface area contributed by atoms with Gasteiger partial charge in [0.05, 0.1) is 26.4 Å². The molecule has 5 rings (SSSR count). The molecule has 0 bridgehead atoms. The number of aromatic amines is 1. The van der Waals surface area contributed by atoms with Gasteiger partial charge in [0.1, 0.15) is 23.3 Å². The van der Waals surface area contributed by atoms with Crippen molar-refractivity contribution in [3.63, 3.8) is 0 Å². The second kappa shape index (κ2) is 11.9. The molecule has 0 radical (unpaired) electrons. The maximum atomic E-state index is 12.3. The minimum atomic E-state index is -0.924. The molecule has 0 amide bonds. The zero-order chi connectivity index (χ0) is 28.1. The molecule has 1 fully saturated rings. The number of aromatic nitrogens is 2. The summed E-state index contributed by atoms with van der Waals surface area (Å²) in [5.41, 5.74) is 1.09. The maximum Gasteiger partial charge on any atom is 0.330 e. The van der Waals surface area contributed by atoms with E-state index in [2.05, 4.69) is 17.1 Å². The first-order valence-corrected chi connectivity index (χ1v) is 13.4. The average molecular weight is 543 g/mol. The van der Waals surface area contributed by atoms with Gasteiger partial charge in [-0.1, -0.05) is 54.6 Å². The molecule has 4 aromatic rings. The Morgan fingerprint density at radius 1 is 0.850 bits per heavy atom. The second-order valence-electron chi connectivity index (χ2n) is 9.98. The summed E-state index contributed by atoms with van der Waals surface area (Å²) >= 11 is 0. The van der Waals surface area contributed by atoms with Crippen molar-refractivity contribution in [3.05, 3.63) is 129 Å². The Labute approximate surface area is 233 Å². The van der Waals surface area contributed by atoms with Gasteiger partial charge >= 0.3 is 5.69 Å². The third-order valence-electron chi connectivity index (χ3n) is 7.39. The highest BCUT2D eigenvalue weighted by Crippen LogP contribution is 2.43. The van der Waals surface area contributed by atoms with Crippen LogP contribution in [0.2, 0.25) is 0 Å². The van der Waals surface area contributed by atoms with E-state index in [1.165, 1.54) is 16.8 Å². The lowest BCUT2D eigenvalue weighted by Crippen LogP contribution is -2.37. The quantitative estimate of drug-likeness (QED) is 0.283. The van der Waals surface area contributed by atoms with Crippen molar-refractivity contribution in [2.45, 2.75) is 50.2 Å². The molecule has 208 valence electrons. The normalized spacial score (nSPS) is 17.9. The summed E-state index contributed by atoms with van der Waals surface area (Å²) in [5.74, 6) is 1.52. The molecule has 0 aliphatic carbocycles. The van der Waals surface area contributed by atoms with Gasteiger partial charge in [-0.3, -0.25) is 14.3 Å². The first-order chi connectivity index (χ1) is 19.4. The van der Waals surface area contributed by atoms with Gasteiger partial charge in [0.25, 0.3) is 5.56 Å². The molecule has 8 nitrogen and oxygen atoms in total. The van der Waals surface area contributed by atoms with E-state index in [4.69, 9.17) is 18.9 Å². The van der Waals surface area contributed by atoms with E-state index >= 15 is 0 Å². The van der Waals surface area contributed by atoms with E-state index in [-0.39, 0.29) is 12.2 Å². The van der Waals surface area contributed by atoms with Crippen LogP contribution in [0.4, 0.5) is 0 Å². The van der Waals surface area contributed by atoms with Crippen molar-refractivity contribution >= 4 is 0 Å². The summed E-state index contributed by atoms with van der Waals surface area (Å²) in [6, 6.07) is 27.4. The fourth-order valence-electron chi connectivity index (χ4n) is 5.47. The number of rotatable bonds is 10. The number of nitrogens with one attached hydrogen (secondary N) is 1. The number of hydrogen-bond acceptors (Lipinski definition) is 6. The molecule has 1 aromatic heterocycles. The lowest BCUT2D eigenvalue weighted by atomic mass is 9.79.